The number of carbonyl (C=O) groups excluding carboxylic acids is 2. The molecule has 150 valence electrons. The van der Waals surface area contributed by atoms with Crippen molar-refractivity contribution in [2.24, 2.45) is 0 Å². The fourth-order valence-electron chi connectivity index (χ4n) is 2.54. The van der Waals surface area contributed by atoms with E-state index in [9.17, 15) is 9.59 Å². The fraction of sp³-hybridized carbons (Fsp3) is 0.333. The molecular formula is C21H25NO6. The second kappa shape index (κ2) is 10.2. The summed E-state index contributed by atoms with van der Waals surface area (Å²) in [6.07, 6.45) is 0. The van der Waals surface area contributed by atoms with Gasteiger partial charge in [0.05, 0.1) is 20.8 Å². The number of amides is 1. The smallest absolute Gasteiger partial charge is 0.342 e. The first-order valence-electron chi connectivity index (χ1n) is 8.80. The van der Waals surface area contributed by atoms with Gasteiger partial charge in [0.15, 0.2) is 6.61 Å². The zero-order valence-corrected chi connectivity index (χ0v) is 16.5. The molecule has 0 saturated carbocycles. The highest BCUT2D eigenvalue weighted by Crippen LogP contribution is 2.25. The minimum atomic E-state index is -0.652. The summed E-state index contributed by atoms with van der Waals surface area (Å²) in [7, 11) is 2.95. The number of esters is 1. The van der Waals surface area contributed by atoms with Gasteiger partial charge in [-0.3, -0.25) is 4.79 Å². The van der Waals surface area contributed by atoms with E-state index < -0.39 is 18.5 Å². The maximum Gasteiger partial charge on any atom is 0.342 e. The molecule has 2 aromatic carbocycles. The lowest BCUT2D eigenvalue weighted by atomic mass is 10.1. The van der Waals surface area contributed by atoms with E-state index in [1.165, 1.54) is 20.3 Å². The Morgan fingerprint density at radius 2 is 1.75 bits per heavy atom. The summed E-state index contributed by atoms with van der Waals surface area (Å²) in [5, 5.41) is 2.65. The number of ether oxygens (including phenoxy) is 4. The monoisotopic (exact) mass is 387 g/mol. The average molecular weight is 387 g/mol. The second-order valence-corrected chi connectivity index (χ2v) is 6.11. The number of hydrogen-bond donors (Lipinski definition) is 1. The molecule has 7 nitrogen and oxygen atoms in total. The molecular weight excluding hydrogens is 362 g/mol. The largest absolute Gasteiger partial charge is 0.497 e. The molecule has 0 radical (unpaired) electrons. The first-order chi connectivity index (χ1) is 13.4. The van der Waals surface area contributed by atoms with E-state index in [0.717, 1.165) is 16.9 Å². The quantitative estimate of drug-likeness (QED) is 0.526. The highest BCUT2D eigenvalue weighted by atomic mass is 16.5. The van der Waals surface area contributed by atoms with Crippen LogP contribution in [0.5, 0.6) is 17.2 Å². The standard InChI is InChI=1S/C21H25NO6/c1-14-5-8-18(15(2)11-14)27-10-9-22-20(23)13-28-21(24)17-7-6-16(25-3)12-19(17)26-4/h5-8,11-12H,9-10,13H2,1-4H3,(H,22,23). The number of rotatable bonds is 9. The van der Waals surface area contributed by atoms with Crippen molar-refractivity contribution in [1.29, 1.82) is 0 Å². The first kappa shape index (κ1) is 21.1. The van der Waals surface area contributed by atoms with Crippen molar-refractivity contribution in [3.8, 4) is 17.2 Å². The summed E-state index contributed by atoms with van der Waals surface area (Å²) < 4.78 is 20.9. The third kappa shape index (κ3) is 5.90. The minimum absolute atomic E-state index is 0.217. The third-order valence-corrected chi connectivity index (χ3v) is 3.98. The van der Waals surface area contributed by atoms with Crippen LogP contribution in [0.4, 0.5) is 0 Å². The zero-order valence-electron chi connectivity index (χ0n) is 16.5. The summed E-state index contributed by atoms with van der Waals surface area (Å²) in [6, 6.07) is 10.6. The van der Waals surface area contributed by atoms with Crippen molar-refractivity contribution in [2.45, 2.75) is 13.8 Å². The molecule has 0 bridgehead atoms. The van der Waals surface area contributed by atoms with Crippen molar-refractivity contribution in [1.82, 2.24) is 5.32 Å². The van der Waals surface area contributed by atoms with Gasteiger partial charge in [0, 0.05) is 6.07 Å². The van der Waals surface area contributed by atoms with Crippen molar-refractivity contribution in [2.75, 3.05) is 34.0 Å². The molecule has 2 rings (SSSR count). The molecule has 1 amide bonds. The van der Waals surface area contributed by atoms with Crippen molar-refractivity contribution in [3.05, 3.63) is 53.1 Å². The van der Waals surface area contributed by atoms with Gasteiger partial charge in [0.2, 0.25) is 0 Å². The Kier molecular flexibility index (Phi) is 7.68. The molecule has 0 atom stereocenters. The lowest BCUT2D eigenvalue weighted by molar-refractivity contribution is -0.124. The van der Waals surface area contributed by atoms with Gasteiger partial charge < -0.3 is 24.3 Å². The zero-order chi connectivity index (χ0) is 20.5. The molecule has 0 saturated heterocycles. The molecule has 0 fully saturated rings. The molecule has 1 N–H and O–H groups in total. The number of aryl methyl sites for hydroxylation is 2. The Balaban J connectivity index is 1.75. The molecule has 0 spiro atoms. The van der Waals surface area contributed by atoms with Gasteiger partial charge in [0.1, 0.15) is 29.4 Å². The third-order valence-electron chi connectivity index (χ3n) is 3.98. The van der Waals surface area contributed by atoms with E-state index in [0.29, 0.717) is 24.7 Å². The predicted octanol–water partition coefficient (Wildman–Crippen LogP) is 2.67. The van der Waals surface area contributed by atoms with Crippen LogP contribution in [0, 0.1) is 13.8 Å². The SMILES string of the molecule is COc1ccc(C(=O)OCC(=O)NCCOc2ccc(C)cc2C)c(OC)c1. The summed E-state index contributed by atoms with van der Waals surface area (Å²) in [5.41, 5.74) is 2.41. The molecule has 28 heavy (non-hydrogen) atoms. The van der Waals surface area contributed by atoms with E-state index in [4.69, 9.17) is 18.9 Å². The maximum absolute atomic E-state index is 12.2. The van der Waals surface area contributed by atoms with Crippen LogP contribution in [0.25, 0.3) is 0 Å². The van der Waals surface area contributed by atoms with Crippen LogP contribution in [0.2, 0.25) is 0 Å². The van der Waals surface area contributed by atoms with Gasteiger partial charge in [0.25, 0.3) is 5.91 Å². The van der Waals surface area contributed by atoms with Crippen LogP contribution in [0.3, 0.4) is 0 Å². The number of methoxy groups -OCH3 is 2. The highest BCUT2D eigenvalue weighted by molar-refractivity contribution is 5.94. The first-order valence-corrected chi connectivity index (χ1v) is 8.80. The minimum Gasteiger partial charge on any atom is -0.497 e. The van der Waals surface area contributed by atoms with E-state index in [1.54, 1.807) is 12.1 Å². The second-order valence-electron chi connectivity index (χ2n) is 6.11. The summed E-state index contributed by atoms with van der Waals surface area (Å²) in [5.74, 6) is 0.575. The van der Waals surface area contributed by atoms with Crippen LogP contribution < -0.4 is 19.5 Å². The Bertz CT molecular complexity index is 834. The molecule has 7 heteroatoms. The average Bonchev–Trinajstić information content (AvgIpc) is 2.70. The molecule has 0 aliphatic rings. The van der Waals surface area contributed by atoms with Crippen LogP contribution in [0.1, 0.15) is 21.5 Å². The van der Waals surface area contributed by atoms with Gasteiger partial charge >= 0.3 is 5.97 Å². The number of nitrogens with one attached hydrogen (secondary N) is 1. The topological polar surface area (TPSA) is 83.1 Å². The van der Waals surface area contributed by atoms with Crippen LogP contribution in [-0.2, 0) is 9.53 Å². The van der Waals surface area contributed by atoms with Gasteiger partial charge in [-0.05, 0) is 37.6 Å². The van der Waals surface area contributed by atoms with E-state index in [-0.39, 0.29) is 5.56 Å². The highest BCUT2D eigenvalue weighted by Gasteiger charge is 2.16. The predicted molar refractivity (Wildman–Crippen MR) is 104 cm³/mol. The van der Waals surface area contributed by atoms with E-state index in [1.807, 2.05) is 32.0 Å². The van der Waals surface area contributed by atoms with E-state index in [2.05, 4.69) is 5.32 Å². The molecule has 0 aliphatic heterocycles. The number of hydrogen-bond acceptors (Lipinski definition) is 6. The van der Waals surface area contributed by atoms with Crippen LogP contribution in [0.15, 0.2) is 36.4 Å². The van der Waals surface area contributed by atoms with Crippen molar-refractivity contribution >= 4 is 11.9 Å². The summed E-state index contributed by atoms with van der Waals surface area (Å²) >= 11 is 0. The normalized spacial score (nSPS) is 10.1. The van der Waals surface area contributed by atoms with Gasteiger partial charge in [-0.1, -0.05) is 17.7 Å². The van der Waals surface area contributed by atoms with Crippen molar-refractivity contribution in [3.63, 3.8) is 0 Å². The lowest BCUT2D eigenvalue weighted by Gasteiger charge is -2.11. The van der Waals surface area contributed by atoms with Gasteiger partial charge in [-0.15, -0.1) is 0 Å². The summed E-state index contributed by atoms with van der Waals surface area (Å²) in [6.45, 7) is 4.21. The van der Waals surface area contributed by atoms with Crippen LogP contribution >= 0.6 is 0 Å². The van der Waals surface area contributed by atoms with E-state index >= 15 is 0 Å². The lowest BCUT2D eigenvalue weighted by Crippen LogP contribution is -2.32. The fourth-order valence-corrected chi connectivity index (χ4v) is 2.54. The summed E-state index contributed by atoms with van der Waals surface area (Å²) in [4.78, 5) is 24.0. The molecule has 0 heterocycles. The van der Waals surface area contributed by atoms with Gasteiger partial charge in [-0.25, -0.2) is 4.79 Å². The Hall–Kier alpha value is -3.22. The van der Waals surface area contributed by atoms with Crippen molar-refractivity contribution < 1.29 is 28.5 Å². The van der Waals surface area contributed by atoms with Gasteiger partial charge in [-0.2, -0.15) is 0 Å². The Morgan fingerprint density at radius 1 is 0.964 bits per heavy atom. The van der Waals surface area contributed by atoms with Crippen LogP contribution in [-0.4, -0.2) is 45.9 Å². The molecule has 0 aliphatic carbocycles. The molecule has 0 unspecified atom stereocenters. The Morgan fingerprint density at radius 3 is 2.43 bits per heavy atom. The Labute approximate surface area is 164 Å². The number of carbonyl (C=O) groups is 2. The number of benzene rings is 2. The maximum atomic E-state index is 12.2. The molecule has 2 aromatic rings. The molecule has 0 aromatic heterocycles.